The molecule has 1 heteroatoms. The van der Waals surface area contributed by atoms with E-state index in [-0.39, 0.29) is 0 Å². The van der Waals surface area contributed by atoms with Crippen LogP contribution in [-0.4, -0.2) is 24.0 Å². The Morgan fingerprint density at radius 1 is 1.38 bits per heavy atom. The van der Waals surface area contributed by atoms with E-state index in [0.717, 1.165) is 12.0 Å². The Labute approximate surface area is 82.5 Å². The summed E-state index contributed by atoms with van der Waals surface area (Å²) in [6, 6.07) is 0.829. The summed E-state index contributed by atoms with van der Waals surface area (Å²) in [5, 5.41) is 0. The molecule has 2 rings (SSSR count). The largest absolute Gasteiger partial charge is 0.300 e. The van der Waals surface area contributed by atoms with Crippen LogP contribution in [-0.2, 0) is 0 Å². The molecule has 0 aromatic rings. The highest BCUT2D eigenvalue weighted by Crippen LogP contribution is 2.50. The summed E-state index contributed by atoms with van der Waals surface area (Å²) in [4.78, 5) is 2.72. The van der Waals surface area contributed by atoms with E-state index in [2.05, 4.69) is 25.7 Å². The van der Waals surface area contributed by atoms with Gasteiger partial charge in [0.25, 0.3) is 0 Å². The second kappa shape index (κ2) is 3.27. The van der Waals surface area contributed by atoms with Gasteiger partial charge in [-0.25, -0.2) is 0 Å². The van der Waals surface area contributed by atoms with E-state index in [4.69, 9.17) is 0 Å². The molecule has 0 bridgehead atoms. The Kier molecular flexibility index (Phi) is 2.39. The Morgan fingerprint density at radius 2 is 2.08 bits per heavy atom. The van der Waals surface area contributed by atoms with Gasteiger partial charge in [-0.05, 0) is 50.5 Å². The molecule has 0 spiro atoms. The van der Waals surface area contributed by atoms with Gasteiger partial charge in [0.05, 0.1) is 0 Å². The molecule has 1 heterocycles. The molecule has 2 fully saturated rings. The van der Waals surface area contributed by atoms with Crippen LogP contribution in [0.3, 0.4) is 0 Å². The Morgan fingerprint density at radius 3 is 2.62 bits per heavy atom. The first-order valence-electron chi connectivity index (χ1n) is 5.86. The van der Waals surface area contributed by atoms with Gasteiger partial charge < -0.3 is 0 Å². The van der Waals surface area contributed by atoms with Crippen LogP contribution in [0.25, 0.3) is 0 Å². The van der Waals surface area contributed by atoms with Crippen molar-refractivity contribution in [3.63, 3.8) is 0 Å². The molecule has 1 aliphatic carbocycles. The van der Waals surface area contributed by atoms with Gasteiger partial charge in [-0.1, -0.05) is 13.8 Å². The smallest absolute Gasteiger partial charge is 0.0121 e. The maximum Gasteiger partial charge on any atom is 0.0121 e. The van der Waals surface area contributed by atoms with Crippen LogP contribution in [0.1, 0.15) is 46.5 Å². The lowest BCUT2D eigenvalue weighted by Crippen LogP contribution is -2.44. The molecule has 0 aromatic carbocycles. The van der Waals surface area contributed by atoms with Gasteiger partial charge in [0, 0.05) is 12.6 Å². The summed E-state index contributed by atoms with van der Waals surface area (Å²) < 4.78 is 0. The normalized spacial score (nSPS) is 35.8. The monoisotopic (exact) mass is 181 g/mol. The van der Waals surface area contributed by atoms with Gasteiger partial charge in [-0.3, -0.25) is 4.90 Å². The Balaban J connectivity index is 1.91. The summed E-state index contributed by atoms with van der Waals surface area (Å²) in [6.07, 6.45) is 5.78. The van der Waals surface area contributed by atoms with Crippen LogP contribution in [0, 0.1) is 11.3 Å². The lowest BCUT2D eigenvalue weighted by Gasteiger charge is -2.38. The molecule has 1 aliphatic heterocycles. The molecule has 0 aromatic heterocycles. The second-order valence-corrected chi connectivity index (χ2v) is 5.57. The fourth-order valence-electron chi connectivity index (χ4n) is 2.63. The van der Waals surface area contributed by atoms with E-state index >= 15 is 0 Å². The number of likely N-dealkylation sites (tertiary alicyclic amines) is 1. The summed E-state index contributed by atoms with van der Waals surface area (Å²) in [5.74, 6) is 0.929. The first-order chi connectivity index (χ1) is 6.12. The number of nitrogens with zero attached hydrogens (tertiary/aromatic N) is 1. The standard InChI is InChI=1S/C12H23N/c1-10-5-4-8-13(9-10)11(2)12(3)6-7-12/h10-11H,4-9H2,1-3H3. The Hall–Kier alpha value is -0.0400. The lowest BCUT2D eigenvalue weighted by molar-refractivity contribution is 0.0985. The predicted octanol–water partition coefficient (Wildman–Crippen LogP) is 2.91. The molecule has 1 saturated carbocycles. The molecule has 1 nitrogen and oxygen atoms in total. The van der Waals surface area contributed by atoms with E-state index in [0.29, 0.717) is 5.41 Å². The topological polar surface area (TPSA) is 3.24 Å². The van der Waals surface area contributed by atoms with Gasteiger partial charge in [0.15, 0.2) is 0 Å². The number of hydrogen-bond acceptors (Lipinski definition) is 1. The van der Waals surface area contributed by atoms with E-state index in [1.54, 1.807) is 0 Å². The first-order valence-corrected chi connectivity index (χ1v) is 5.86. The van der Waals surface area contributed by atoms with Crippen molar-refractivity contribution in [1.29, 1.82) is 0 Å². The summed E-state index contributed by atoms with van der Waals surface area (Å²) in [7, 11) is 0. The minimum atomic E-state index is 0.678. The molecular weight excluding hydrogens is 158 g/mol. The molecule has 2 aliphatic rings. The lowest BCUT2D eigenvalue weighted by atomic mass is 9.93. The third kappa shape index (κ3) is 1.90. The molecule has 0 amide bonds. The summed E-state index contributed by atoms with van der Waals surface area (Å²) in [6.45, 7) is 9.98. The van der Waals surface area contributed by atoms with Gasteiger partial charge in [0.1, 0.15) is 0 Å². The summed E-state index contributed by atoms with van der Waals surface area (Å²) >= 11 is 0. The maximum atomic E-state index is 2.72. The quantitative estimate of drug-likeness (QED) is 0.633. The van der Waals surface area contributed by atoms with Gasteiger partial charge in [-0.2, -0.15) is 0 Å². The Bertz CT molecular complexity index is 184. The number of piperidine rings is 1. The fourth-order valence-corrected chi connectivity index (χ4v) is 2.63. The van der Waals surface area contributed by atoms with Crippen molar-refractivity contribution in [1.82, 2.24) is 4.90 Å². The molecule has 76 valence electrons. The highest BCUT2D eigenvalue weighted by molar-refractivity contribution is 4.98. The van der Waals surface area contributed by atoms with Crippen molar-refractivity contribution >= 4 is 0 Å². The van der Waals surface area contributed by atoms with Crippen molar-refractivity contribution in [3.05, 3.63) is 0 Å². The molecule has 1 saturated heterocycles. The maximum absolute atomic E-state index is 2.72. The number of rotatable bonds is 2. The van der Waals surface area contributed by atoms with Crippen LogP contribution in [0.5, 0.6) is 0 Å². The summed E-state index contributed by atoms with van der Waals surface area (Å²) in [5.41, 5.74) is 0.678. The number of hydrogen-bond donors (Lipinski definition) is 0. The van der Waals surface area contributed by atoms with Crippen molar-refractivity contribution in [2.45, 2.75) is 52.5 Å². The van der Waals surface area contributed by atoms with E-state index in [9.17, 15) is 0 Å². The van der Waals surface area contributed by atoms with E-state index in [1.165, 1.54) is 38.8 Å². The van der Waals surface area contributed by atoms with Crippen LogP contribution in [0.15, 0.2) is 0 Å². The van der Waals surface area contributed by atoms with Crippen molar-refractivity contribution < 1.29 is 0 Å². The van der Waals surface area contributed by atoms with Gasteiger partial charge in [0.2, 0.25) is 0 Å². The SMILES string of the molecule is CC1CCCN(C(C)C2(C)CC2)C1. The van der Waals surface area contributed by atoms with Crippen molar-refractivity contribution in [2.75, 3.05) is 13.1 Å². The zero-order valence-corrected chi connectivity index (χ0v) is 9.34. The second-order valence-electron chi connectivity index (χ2n) is 5.57. The zero-order valence-electron chi connectivity index (χ0n) is 9.34. The van der Waals surface area contributed by atoms with Crippen LogP contribution < -0.4 is 0 Å². The first kappa shape index (κ1) is 9.51. The van der Waals surface area contributed by atoms with Crippen LogP contribution in [0.2, 0.25) is 0 Å². The van der Waals surface area contributed by atoms with Crippen LogP contribution in [0.4, 0.5) is 0 Å². The van der Waals surface area contributed by atoms with Crippen molar-refractivity contribution in [3.8, 4) is 0 Å². The third-order valence-corrected chi connectivity index (χ3v) is 4.28. The van der Waals surface area contributed by atoms with Gasteiger partial charge in [-0.15, -0.1) is 0 Å². The van der Waals surface area contributed by atoms with Crippen molar-refractivity contribution in [2.24, 2.45) is 11.3 Å². The molecule has 0 N–H and O–H groups in total. The molecule has 2 unspecified atom stereocenters. The molecule has 2 atom stereocenters. The average Bonchev–Trinajstić information content (AvgIpc) is 2.84. The average molecular weight is 181 g/mol. The minimum Gasteiger partial charge on any atom is -0.300 e. The van der Waals surface area contributed by atoms with Crippen LogP contribution >= 0.6 is 0 Å². The van der Waals surface area contributed by atoms with Gasteiger partial charge >= 0.3 is 0 Å². The highest BCUT2D eigenvalue weighted by atomic mass is 15.2. The van der Waals surface area contributed by atoms with E-state index < -0.39 is 0 Å². The predicted molar refractivity (Wildman–Crippen MR) is 56.8 cm³/mol. The zero-order chi connectivity index (χ0) is 9.47. The molecule has 0 radical (unpaired) electrons. The fraction of sp³-hybridized carbons (Fsp3) is 1.00. The molecule has 13 heavy (non-hydrogen) atoms. The third-order valence-electron chi connectivity index (χ3n) is 4.28. The minimum absolute atomic E-state index is 0.678. The molecular formula is C12H23N. The highest BCUT2D eigenvalue weighted by Gasteiger charge is 2.45. The van der Waals surface area contributed by atoms with E-state index in [1.807, 2.05) is 0 Å².